The topological polar surface area (TPSA) is 80.8 Å². The Balaban J connectivity index is 1.78. The van der Waals surface area contributed by atoms with Crippen LogP contribution in [0.4, 0.5) is 5.69 Å². The summed E-state index contributed by atoms with van der Waals surface area (Å²) in [7, 11) is 3.07. The number of carbonyl (C=O) groups is 2. The fourth-order valence-corrected chi connectivity index (χ4v) is 3.07. The van der Waals surface area contributed by atoms with E-state index in [4.69, 9.17) is 9.47 Å². The number of anilines is 1. The van der Waals surface area contributed by atoms with E-state index in [1.807, 2.05) is 4.90 Å². The van der Waals surface area contributed by atoms with Gasteiger partial charge in [-0.1, -0.05) is 0 Å². The fourth-order valence-electron chi connectivity index (χ4n) is 3.07. The molecule has 2 aromatic rings. The maximum Gasteiger partial charge on any atom is 0.274 e. The van der Waals surface area contributed by atoms with Gasteiger partial charge < -0.3 is 19.7 Å². The molecule has 142 valence electrons. The Kier molecular flexibility index (Phi) is 5.90. The third-order valence-corrected chi connectivity index (χ3v) is 4.54. The Hall–Kier alpha value is -3.09. The summed E-state index contributed by atoms with van der Waals surface area (Å²) >= 11 is 0. The number of aromatic nitrogens is 1. The lowest BCUT2D eigenvalue weighted by atomic mass is 10.1. The molecule has 1 saturated heterocycles. The number of carbonyl (C=O) groups excluding carboxylic acids is 2. The minimum Gasteiger partial charge on any atom is -0.497 e. The zero-order valence-corrected chi connectivity index (χ0v) is 15.5. The summed E-state index contributed by atoms with van der Waals surface area (Å²) in [6.07, 6.45) is 4.66. The first-order chi connectivity index (χ1) is 13.1. The second-order valence-corrected chi connectivity index (χ2v) is 6.30. The van der Waals surface area contributed by atoms with Crippen LogP contribution < -0.4 is 14.8 Å². The number of piperidine rings is 1. The summed E-state index contributed by atoms with van der Waals surface area (Å²) in [6.45, 7) is 1.51. The molecule has 0 atom stereocenters. The minimum absolute atomic E-state index is 0.0647. The van der Waals surface area contributed by atoms with Gasteiger partial charge >= 0.3 is 0 Å². The predicted octanol–water partition coefficient (Wildman–Crippen LogP) is 2.98. The lowest BCUT2D eigenvalue weighted by molar-refractivity contribution is 0.0724. The van der Waals surface area contributed by atoms with Gasteiger partial charge in [-0.3, -0.25) is 14.6 Å². The van der Waals surface area contributed by atoms with Crippen LogP contribution in [0.3, 0.4) is 0 Å². The van der Waals surface area contributed by atoms with E-state index in [1.165, 1.54) is 19.4 Å². The van der Waals surface area contributed by atoms with E-state index in [2.05, 4.69) is 10.3 Å². The number of nitrogens with one attached hydrogen (secondary N) is 1. The molecule has 27 heavy (non-hydrogen) atoms. The monoisotopic (exact) mass is 369 g/mol. The minimum atomic E-state index is -0.421. The van der Waals surface area contributed by atoms with Gasteiger partial charge in [0.2, 0.25) is 0 Å². The standard InChI is InChI=1S/C20H23N3O4/c1-26-15-6-7-18(27-2)16(13-15)22-19(24)17-12-14(8-9-21-17)20(25)23-10-4-3-5-11-23/h6-9,12-13H,3-5,10-11H2,1-2H3,(H,22,24). The quantitative estimate of drug-likeness (QED) is 0.876. The molecule has 0 saturated carbocycles. The third-order valence-electron chi connectivity index (χ3n) is 4.54. The van der Waals surface area contributed by atoms with E-state index in [0.29, 0.717) is 22.7 Å². The number of ether oxygens (including phenoxy) is 2. The van der Waals surface area contributed by atoms with Crippen molar-refractivity contribution < 1.29 is 19.1 Å². The maximum atomic E-state index is 12.6. The Morgan fingerprint density at radius 1 is 1.04 bits per heavy atom. The van der Waals surface area contributed by atoms with Crippen LogP contribution in [0.2, 0.25) is 0 Å². The van der Waals surface area contributed by atoms with Gasteiger partial charge in [-0.25, -0.2) is 0 Å². The van der Waals surface area contributed by atoms with Crippen molar-refractivity contribution in [1.82, 2.24) is 9.88 Å². The average Bonchev–Trinajstić information content (AvgIpc) is 2.73. The molecule has 3 rings (SSSR count). The average molecular weight is 369 g/mol. The third kappa shape index (κ3) is 4.36. The Bertz CT molecular complexity index is 832. The summed E-state index contributed by atoms with van der Waals surface area (Å²) in [5, 5.41) is 2.77. The van der Waals surface area contributed by atoms with Crippen LogP contribution in [0.5, 0.6) is 11.5 Å². The van der Waals surface area contributed by atoms with Crippen molar-refractivity contribution in [1.29, 1.82) is 0 Å². The molecule has 0 spiro atoms. The molecule has 2 amide bonds. The van der Waals surface area contributed by atoms with E-state index in [1.54, 1.807) is 31.4 Å². The number of likely N-dealkylation sites (tertiary alicyclic amines) is 1. The second-order valence-electron chi connectivity index (χ2n) is 6.30. The van der Waals surface area contributed by atoms with Crippen LogP contribution in [-0.2, 0) is 0 Å². The molecular formula is C20H23N3O4. The number of hydrogen-bond donors (Lipinski definition) is 1. The SMILES string of the molecule is COc1ccc(OC)c(NC(=O)c2cc(C(=O)N3CCCCC3)ccn2)c1. The molecule has 0 unspecified atom stereocenters. The van der Waals surface area contributed by atoms with E-state index in [-0.39, 0.29) is 11.6 Å². The second kappa shape index (κ2) is 8.53. The van der Waals surface area contributed by atoms with Crippen LogP contribution in [0, 0.1) is 0 Å². The molecule has 1 aliphatic heterocycles. The van der Waals surface area contributed by atoms with E-state index < -0.39 is 5.91 Å². The number of pyridine rings is 1. The normalized spacial score (nSPS) is 13.8. The van der Waals surface area contributed by atoms with Crippen molar-refractivity contribution in [2.75, 3.05) is 32.6 Å². The van der Waals surface area contributed by atoms with Crippen molar-refractivity contribution in [3.05, 3.63) is 47.8 Å². The first-order valence-corrected chi connectivity index (χ1v) is 8.91. The highest BCUT2D eigenvalue weighted by Crippen LogP contribution is 2.29. The van der Waals surface area contributed by atoms with Crippen LogP contribution in [0.1, 0.15) is 40.1 Å². The molecule has 0 aliphatic carbocycles. The summed E-state index contributed by atoms with van der Waals surface area (Å²) < 4.78 is 10.5. The van der Waals surface area contributed by atoms with Gasteiger partial charge in [0.1, 0.15) is 17.2 Å². The van der Waals surface area contributed by atoms with Gasteiger partial charge in [0.15, 0.2) is 0 Å². The highest BCUT2D eigenvalue weighted by molar-refractivity contribution is 6.05. The number of nitrogens with zero attached hydrogens (tertiary/aromatic N) is 2. The summed E-state index contributed by atoms with van der Waals surface area (Å²) in [5.41, 5.74) is 1.11. The highest BCUT2D eigenvalue weighted by atomic mass is 16.5. The molecule has 0 bridgehead atoms. The van der Waals surface area contributed by atoms with Gasteiger partial charge in [0.05, 0.1) is 19.9 Å². The largest absolute Gasteiger partial charge is 0.497 e. The number of hydrogen-bond acceptors (Lipinski definition) is 5. The van der Waals surface area contributed by atoms with E-state index in [0.717, 1.165) is 32.4 Å². The van der Waals surface area contributed by atoms with Gasteiger partial charge in [0, 0.05) is 30.9 Å². The summed E-state index contributed by atoms with van der Waals surface area (Å²) in [4.78, 5) is 31.2. The fraction of sp³-hybridized carbons (Fsp3) is 0.350. The maximum absolute atomic E-state index is 12.6. The van der Waals surface area contributed by atoms with Crippen LogP contribution in [0.25, 0.3) is 0 Å². The van der Waals surface area contributed by atoms with Crippen molar-refractivity contribution in [3.8, 4) is 11.5 Å². The number of benzene rings is 1. The van der Waals surface area contributed by atoms with Gasteiger partial charge in [-0.2, -0.15) is 0 Å². The molecule has 7 heteroatoms. The first-order valence-electron chi connectivity index (χ1n) is 8.91. The Morgan fingerprint density at radius 3 is 2.52 bits per heavy atom. The van der Waals surface area contributed by atoms with Crippen LogP contribution in [0.15, 0.2) is 36.5 Å². The number of rotatable bonds is 5. The lowest BCUT2D eigenvalue weighted by Crippen LogP contribution is -2.35. The van der Waals surface area contributed by atoms with E-state index >= 15 is 0 Å². The summed E-state index contributed by atoms with van der Waals surface area (Å²) in [5.74, 6) is 0.609. The molecule has 1 aromatic heterocycles. The van der Waals surface area contributed by atoms with Gasteiger partial charge in [-0.05, 0) is 43.5 Å². The molecule has 1 aliphatic rings. The Labute approximate surface area is 158 Å². The molecule has 1 N–H and O–H groups in total. The zero-order chi connectivity index (χ0) is 19.2. The molecule has 1 aromatic carbocycles. The van der Waals surface area contributed by atoms with Crippen molar-refractivity contribution >= 4 is 17.5 Å². The highest BCUT2D eigenvalue weighted by Gasteiger charge is 2.20. The van der Waals surface area contributed by atoms with Crippen molar-refractivity contribution in [2.45, 2.75) is 19.3 Å². The first kappa shape index (κ1) is 18.7. The Morgan fingerprint density at radius 2 is 1.81 bits per heavy atom. The number of amides is 2. The molecule has 1 fully saturated rings. The van der Waals surface area contributed by atoms with Crippen LogP contribution in [-0.4, -0.2) is 49.0 Å². The van der Waals surface area contributed by atoms with Crippen molar-refractivity contribution in [2.24, 2.45) is 0 Å². The summed E-state index contributed by atoms with van der Waals surface area (Å²) in [6, 6.07) is 8.28. The molecule has 0 radical (unpaired) electrons. The van der Waals surface area contributed by atoms with E-state index in [9.17, 15) is 9.59 Å². The predicted molar refractivity (Wildman–Crippen MR) is 101 cm³/mol. The molecule has 7 nitrogen and oxygen atoms in total. The molecule has 2 heterocycles. The van der Waals surface area contributed by atoms with Gasteiger partial charge in [0.25, 0.3) is 11.8 Å². The zero-order valence-electron chi connectivity index (χ0n) is 15.5. The van der Waals surface area contributed by atoms with Gasteiger partial charge in [-0.15, -0.1) is 0 Å². The van der Waals surface area contributed by atoms with Crippen LogP contribution >= 0.6 is 0 Å². The number of methoxy groups -OCH3 is 2. The smallest absolute Gasteiger partial charge is 0.274 e. The molecular weight excluding hydrogens is 346 g/mol. The lowest BCUT2D eigenvalue weighted by Gasteiger charge is -2.26. The van der Waals surface area contributed by atoms with Crippen molar-refractivity contribution in [3.63, 3.8) is 0 Å².